The van der Waals surface area contributed by atoms with Gasteiger partial charge in [0.1, 0.15) is 0 Å². The summed E-state index contributed by atoms with van der Waals surface area (Å²) in [5, 5.41) is 0. The smallest absolute Gasteiger partial charge is 0.312 e. The van der Waals surface area contributed by atoms with Gasteiger partial charge in [0.15, 0.2) is 0 Å². The van der Waals surface area contributed by atoms with Crippen LogP contribution in [0.2, 0.25) is 0 Å². The first kappa shape index (κ1) is 15.7. The molecule has 2 nitrogen and oxygen atoms in total. The van der Waals surface area contributed by atoms with Crippen molar-refractivity contribution in [2.75, 3.05) is 7.11 Å². The molecular weight excluding hydrogens is 339 g/mol. The molecule has 0 spiro atoms. The van der Waals surface area contributed by atoms with Crippen molar-refractivity contribution in [2.24, 2.45) is 5.41 Å². The SMILES string of the molecule is CCCC/C(I)=C/CC1(C(=O)OC)CC=CCC1. The highest BCUT2D eigenvalue weighted by molar-refractivity contribution is 14.1. The van der Waals surface area contributed by atoms with Crippen LogP contribution >= 0.6 is 22.6 Å². The highest BCUT2D eigenvalue weighted by atomic mass is 127. The number of esters is 1. The topological polar surface area (TPSA) is 26.3 Å². The fourth-order valence-corrected chi connectivity index (χ4v) is 2.91. The Morgan fingerprint density at radius 3 is 2.83 bits per heavy atom. The van der Waals surface area contributed by atoms with E-state index in [1.807, 2.05) is 0 Å². The Hall–Kier alpha value is -0.320. The van der Waals surface area contributed by atoms with Gasteiger partial charge in [-0.3, -0.25) is 4.79 Å². The maximum Gasteiger partial charge on any atom is 0.312 e. The number of hydrogen-bond donors (Lipinski definition) is 0. The van der Waals surface area contributed by atoms with Crippen molar-refractivity contribution in [3.8, 4) is 0 Å². The van der Waals surface area contributed by atoms with E-state index in [4.69, 9.17) is 4.74 Å². The molecule has 0 aromatic carbocycles. The lowest BCUT2D eigenvalue weighted by Crippen LogP contribution is -2.32. The number of carbonyl (C=O) groups excluding carboxylic acids is 1. The number of ether oxygens (including phenoxy) is 1. The summed E-state index contributed by atoms with van der Waals surface area (Å²) in [5.41, 5.74) is -0.313. The summed E-state index contributed by atoms with van der Waals surface area (Å²) in [6, 6.07) is 0. The van der Waals surface area contributed by atoms with Crippen LogP contribution in [0.5, 0.6) is 0 Å². The Labute approximate surface area is 124 Å². The van der Waals surface area contributed by atoms with E-state index in [9.17, 15) is 4.79 Å². The zero-order valence-electron chi connectivity index (χ0n) is 11.4. The van der Waals surface area contributed by atoms with Gasteiger partial charge in [0, 0.05) is 0 Å². The monoisotopic (exact) mass is 362 g/mol. The summed E-state index contributed by atoms with van der Waals surface area (Å²) in [5.74, 6) is -0.0530. The molecule has 0 aliphatic heterocycles. The van der Waals surface area contributed by atoms with E-state index in [1.54, 1.807) is 0 Å². The molecule has 0 heterocycles. The van der Waals surface area contributed by atoms with Gasteiger partial charge in [-0.2, -0.15) is 0 Å². The van der Waals surface area contributed by atoms with Crippen LogP contribution in [0.25, 0.3) is 0 Å². The lowest BCUT2D eigenvalue weighted by atomic mass is 9.74. The number of unbranched alkanes of at least 4 members (excludes halogenated alkanes) is 1. The Morgan fingerprint density at radius 2 is 2.28 bits per heavy atom. The molecule has 0 fully saturated rings. The van der Waals surface area contributed by atoms with Crippen LogP contribution in [0.15, 0.2) is 21.8 Å². The van der Waals surface area contributed by atoms with Crippen LogP contribution in [0.4, 0.5) is 0 Å². The summed E-state index contributed by atoms with van der Waals surface area (Å²) in [6.07, 6.45) is 13.6. The zero-order valence-corrected chi connectivity index (χ0v) is 13.5. The second-order valence-electron chi connectivity index (χ2n) is 4.94. The maximum atomic E-state index is 12.0. The molecule has 3 heteroatoms. The fraction of sp³-hybridized carbons (Fsp3) is 0.667. The normalized spacial score (nSPS) is 24.1. The Balaban J connectivity index is 2.68. The predicted molar refractivity (Wildman–Crippen MR) is 83.7 cm³/mol. The molecule has 0 saturated carbocycles. The number of allylic oxidation sites excluding steroid dienone is 4. The van der Waals surface area contributed by atoms with Gasteiger partial charge in [-0.05, 0) is 64.7 Å². The molecule has 102 valence electrons. The first-order valence-electron chi connectivity index (χ1n) is 6.72. The average Bonchev–Trinajstić information content (AvgIpc) is 2.43. The van der Waals surface area contributed by atoms with Gasteiger partial charge in [0.2, 0.25) is 0 Å². The van der Waals surface area contributed by atoms with Crippen LogP contribution in [0.3, 0.4) is 0 Å². The van der Waals surface area contributed by atoms with Crippen LogP contribution < -0.4 is 0 Å². The standard InChI is InChI=1S/C15H23IO2/c1-3-4-8-13(16)9-12-15(14(17)18-2)10-6-5-7-11-15/h5-6,9H,3-4,7-8,10-12H2,1-2H3/b13-9-. The molecule has 1 aliphatic carbocycles. The summed E-state index contributed by atoms with van der Waals surface area (Å²) < 4.78 is 6.37. The van der Waals surface area contributed by atoms with Crippen molar-refractivity contribution in [2.45, 2.75) is 51.9 Å². The molecule has 1 unspecified atom stereocenters. The third-order valence-corrected chi connectivity index (χ3v) is 4.55. The summed E-state index contributed by atoms with van der Waals surface area (Å²) in [6.45, 7) is 2.20. The Bertz CT molecular complexity index is 333. The van der Waals surface area contributed by atoms with E-state index in [-0.39, 0.29) is 11.4 Å². The van der Waals surface area contributed by atoms with Crippen molar-refractivity contribution in [3.05, 3.63) is 21.8 Å². The van der Waals surface area contributed by atoms with Crippen molar-refractivity contribution in [3.63, 3.8) is 0 Å². The quantitative estimate of drug-likeness (QED) is 0.386. The van der Waals surface area contributed by atoms with E-state index >= 15 is 0 Å². The van der Waals surface area contributed by atoms with Crippen molar-refractivity contribution >= 4 is 28.6 Å². The van der Waals surface area contributed by atoms with Crippen LogP contribution in [0, 0.1) is 5.41 Å². The first-order valence-corrected chi connectivity index (χ1v) is 7.80. The minimum Gasteiger partial charge on any atom is -0.469 e. The van der Waals surface area contributed by atoms with E-state index in [2.05, 4.69) is 47.7 Å². The van der Waals surface area contributed by atoms with E-state index in [0.717, 1.165) is 32.1 Å². The van der Waals surface area contributed by atoms with Crippen molar-refractivity contribution in [1.29, 1.82) is 0 Å². The number of hydrogen-bond acceptors (Lipinski definition) is 2. The lowest BCUT2D eigenvalue weighted by Gasteiger charge is -2.31. The van der Waals surface area contributed by atoms with Crippen LogP contribution in [-0.2, 0) is 9.53 Å². The summed E-state index contributed by atoms with van der Waals surface area (Å²) in [7, 11) is 1.49. The predicted octanol–water partition coefficient (Wildman–Crippen LogP) is 4.79. The van der Waals surface area contributed by atoms with Gasteiger partial charge in [-0.25, -0.2) is 0 Å². The molecule has 0 bridgehead atoms. The molecule has 1 rings (SSSR count). The minimum absolute atomic E-state index is 0.0530. The zero-order chi connectivity index (χ0) is 13.4. The van der Waals surface area contributed by atoms with Crippen LogP contribution in [0.1, 0.15) is 51.9 Å². The minimum atomic E-state index is -0.313. The molecule has 1 atom stereocenters. The molecule has 18 heavy (non-hydrogen) atoms. The van der Waals surface area contributed by atoms with Gasteiger partial charge in [0.05, 0.1) is 12.5 Å². The molecular formula is C15H23IO2. The number of halogens is 1. The van der Waals surface area contributed by atoms with Crippen LogP contribution in [-0.4, -0.2) is 13.1 Å². The van der Waals surface area contributed by atoms with Gasteiger partial charge < -0.3 is 4.74 Å². The van der Waals surface area contributed by atoms with E-state index in [0.29, 0.717) is 0 Å². The molecule has 1 aliphatic rings. The van der Waals surface area contributed by atoms with Gasteiger partial charge in [-0.15, -0.1) is 0 Å². The highest BCUT2D eigenvalue weighted by Gasteiger charge is 2.38. The number of methoxy groups -OCH3 is 1. The maximum absolute atomic E-state index is 12.0. The number of carbonyl (C=O) groups is 1. The Kier molecular flexibility index (Phi) is 6.97. The lowest BCUT2D eigenvalue weighted by molar-refractivity contribution is -0.153. The second-order valence-corrected chi connectivity index (χ2v) is 6.33. The molecule has 0 N–H and O–H groups in total. The molecule has 0 aromatic heterocycles. The molecule has 0 saturated heterocycles. The van der Waals surface area contributed by atoms with E-state index in [1.165, 1.54) is 23.5 Å². The van der Waals surface area contributed by atoms with Gasteiger partial charge in [-0.1, -0.05) is 31.6 Å². The third-order valence-electron chi connectivity index (χ3n) is 3.57. The first-order chi connectivity index (χ1) is 8.64. The highest BCUT2D eigenvalue weighted by Crippen LogP contribution is 2.38. The van der Waals surface area contributed by atoms with Gasteiger partial charge in [0.25, 0.3) is 0 Å². The van der Waals surface area contributed by atoms with Gasteiger partial charge >= 0.3 is 5.97 Å². The third kappa shape index (κ3) is 4.41. The largest absolute Gasteiger partial charge is 0.469 e. The average molecular weight is 362 g/mol. The summed E-state index contributed by atoms with van der Waals surface area (Å²) >= 11 is 2.39. The number of rotatable bonds is 6. The molecule has 0 aromatic rings. The second kappa shape index (κ2) is 7.97. The van der Waals surface area contributed by atoms with Crippen molar-refractivity contribution in [1.82, 2.24) is 0 Å². The molecule has 0 amide bonds. The summed E-state index contributed by atoms with van der Waals surface area (Å²) in [4.78, 5) is 12.0. The Morgan fingerprint density at radius 1 is 1.50 bits per heavy atom. The fourth-order valence-electron chi connectivity index (χ4n) is 2.31. The molecule has 0 radical (unpaired) electrons. The van der Waals surface area contributed by atoms with Crippen molar-refractivity contribution < 1.29 is 9.53 Å². The van der Waals surface area contributed by atoms with E-state index < -0.39 is 0 Å².